The lowest BCUT2D eigenvalue weighted by molar-refractivity contribution is 0.0902. The molecule has 1 unspecified atom stereocenters. The Morgan fingerprint density at radius 3 is 2.20 bits per heavy atom. The van der Waals surface area contributed by atoms with E-state index in [4.69, 9.17) is 9.47 Å². The molecular formula is C26H39NO3. The molecule has 1 atom stereocenters. The number of methoxy groups -OCH3 is 2. The van der Waals surface area contributed by atoms with E-state index in [0.29, 0.717) is 5.69 Å². The third kappa shape index (κ3) is 6.46. The highest BCUT2D eigenvalue weighted by molar-refractivity contribution is 5.83. The van der Waals surface area contributed by atoms with Gasteiger partial charge >= 0.3 is 0 Å². The number of nitrogens with one attached hydrogen (secondary N) is 1. The molecule has 4 heteroatoms. The van der Waals surface area contributed by atoms with Gasteiger partial charge in [-0.25, -0.2) is 0 Å². The van der Waals surface area contributed by atoms with E-state index in [2.05, 4.69) is 31.0 Å². The molecule has 0 aliphatic heterocycles. The molecule has 0 spiro atoms. The maximum Gasteiger partial charge on any atom is 0.166 e. The van der Waals surface area contributed by atoms with Gasteiger partial charge in [0.2, 0.25) is 0 Å². The number of carbonyl (C=O) groups is 1. The standard InChI is InChI=1S/C26H39NO3/c1-5-7-9-10-11-12-14-24(30-4)26-25(20-15-17-21(29-3)18-16-20)22(13-8-6-2)23(19-28)27-26/h15-19,24,27H,5-14H2,1-4H3. The molecule has 1 aromatic heterocycles. The Morgan fingerprint density at radius 1 is 0.933 bits per heavy atom. The van der Waals surface area contributed by atoms with Crippen LogP contribution in [0.15, 0.2) is 24.3 Å². The fourth-order valence-corrected chi connectivity index (χ4v) is 4.11. The number of unbranched alkanes of at least 4 members (excludes halogenated alkanes) is 6. The van der Waals surface area contributed by atoms with Crippen LogP contribution in [0, 0.1) is 0 Å². The van der Waals surface area contributed by atoms with Gasteiger partial charge in [0.1, 0.15) is 5.75 Å². The summed E-state index contributed by atoms with van der Waals surface area (Å²) < 4.78 is 11.2. The normalized spacial score (nSPS) is 12.1. The average Bonchev–Trinajstić information content (AvgIpc) is 3.15. The predicted molar refractivity (Wildman–Crippen MR) is 125 cm³/mol. The number of hydrogen-bond donors (Lipinski definition) is 1. The SMILES string of the molecule is CCCCCCCCC(OC)c1[nH]c(C=O)c(CCCC)c1-c1ccc(OC)cc1. The molecule has 0 fully saturated rings. The summed E-state index contributed by atoms with van der Waals surface area (Å²) in [6, 6.07) is 8.11. The second kappa shape index (κ2) is 13.3. The number of aromatic nitrogens is 1. The van der Waals surface area contributed by atoms with E-state index in [-0.39, 0.29) is 6.10 Å². The Labute approximate surface area is 182 Å². The predicted octanol–water partition coefficient (Wildman–Crippen LogP) is 7.28. The van der Waals surface area contributed by atoms with Crippen LogP contribution >= 0.6 is 0 Å². The topological polar surface area (TPSA) is 51.3 Å². The number of carbonyl (C=O) groups excluding carboxylic acids is 1. The number of ether oxygens (including phenoxy) is 2. The largest absolute Gasteiger partial charge is 0.497 e. The molecule has 0 saturated carbocycles. The zero-order chi connectivity index (χ0) is 21.8. The van der Waals surface area contributed by atoms with Crippen molar-refractivity contribution in [1.29, 1.82) is 0 Å². The quantitative estimate of drug-likeness (QED) is 0.246. The molecule has 2 rings (SSSR count). The van der Waals surface area contributed by atoms with Crippen molar-refractivity contribution in [3.05, 3.63) is 41.2 Å². The zero-order valence-corrected chi connectivity index (χ0v) is 19.3. The van der Waals surface area contributed by atoms with Crippen molar-refractivity contribution in [3.8, 4) is 16.9 Å². The van der Waals surface area contributed by atoms with Crippen LogP contribution in [0.1, 0.15) is 99.5 Å². The number of rotatable bonds is 15. The highest BCUT2D eigenvalue weighted by atomic mass is 16.5. The fourth-order valence-electron chi connectivity index (χ4n) is 4.11. The van der Waals surface area contributed by atoms with Gasteiger partial charge in [-0.15, -0.1) is 0 Å². The van der Waals surface area contributed by atoms with E-state index in [9.17, 15) is 4.79 Å². The van der Waals surface area contributed by atoms with Gasteiger partial charge in [-0.3, -0.25) is 4.79 Å². The van der Waals surface area contributed by atoms with Crippen molar-refractivity contribution in [1.82, 2.24) is 4.98 Å². The molecule has 2 aromatic rings. The van der Waals surface area contributed by atoms with Crippen LogP contribution in [0.4, 0.5) is 0 Å². The van der Waals surface area contributed by atoms with Gasteiger partial charge in [-0.05, 0) is 42.5 Å². The lowest BCUT2D eigenvalue weighted by Crippen LogP contribution is -2.04. The summed E-state index contributed by atoms with van der Waals surface area (Å²) in [6.07, 6.45) is 12.4. The molecule has 1 N–H and O–H groups in total. The minimum absolute atomic E-state index is 0.0395. The van der Waals surface area contributed by atoms with E-state index in [1.807, 2.05) is 12.1 Å². The van der Waals surface area contributed by atoms with Crippen molar-refractivity contribution in [3.63, 3.8) is 0 Å². The van der Waals surface area contributed by atoms with Crippen molar-refractivity contribution in [2.75, 3.05) is 14.2 Å². The second-order valence-corrected chi connectivity index (χ2v) is 8.04. The third-order valence-corrected chi connectivity index (χ3v) is 5.87. The van der Waals surface area contributed by atoms with E-state index in [1.165, 1.54) is 32.1 Å². The number of H-pyrrole nitrogens is 1. The molecule has 1 aromatic carbocycles. The molecule has 0 amide bonds. The Hall–Kier alpha value is -2.07. The lowest BCUT2D eigenvalue weighted by atomic mass is 9.93. The maximum absolute atomic E-state index is 11.9. The molecule has 4 nitrogen and oxygen atoms in total. The van der Waals surface area contributed by atoms with Crippen LogP contribution < -0.4 is 4.74 Å². The van der Waals surface area contributed by atoms with E-state index >= 15 is 0 Å². The molecule has 0 aliphatic rings. The van der Waals surface area contributed by atoms with E-state index < -0.39 is 0 Å². The molecule has 0 aliphatic carbocycles. The first-order chi connectivity index (χ1) is 14.7. The Balaban J connectivity index is 2.33. The highest BCUT2D eigenvalue weighted by Crippen LogP contribution is 2.38. The molecule has 0 bridgehead atoms. The van der Waals surface area contributed by atoms with Gasteiger partial charge in [0.25, 0.3) is 0 Å². The van der Waals surface area contributed by atoms with E-state index in [1.54, 1.807) is 14.2 Å². The molecular weight excluding hydrogens is 374 g/mol. The van der Waals surface area contributed by atoms with Crippen molar-refractivity contribution in [2.45, 2.75) is 84.2 Å². The average molecular weight is 414 g/mol. The highest BCUT2D eigenvalue weighted by Gasteiger charge is 2.24. The smallest absolute Gasteiger partial charge is 0.166 e. The van der Waals surface area contributed by atoms with Crippen molar-refractivity contribution >= 4 is 6.29 Å². The number of benzene rings is 1. The van der Waals surface area contributed by atoms with Gasteiger partial charge < -0.3 is 14.5 Å². The molecule has 30 heavy (non-hydrogen) atoms. The number of hydrogen-bond acceptors (Lipinski definition) is 3. The number of aromatic amines is 1. The summed E-state index contributed by atoms with van der Waals surface area (Å²) in [5.41, 5.74) is 5.06. The fraction of sp³-hybridized carbons (Fsp3) is 0.577. The van der Waals surface area contributed by atoms with Gasteiger partial charge in [0.15, 0.2) is 6.29 Å². The molecule has 166 valence electrons. The summed E-state index contributed by atoms with van der Waals surface area (Å²) in [7, 11) is 3.45. The molecule has 0 radical (unpaired) electrons. The van der Waals surface area contributed by atoms with Crippen molar-refractivity contribution in [2.24, 2.45) is 0 Å². The lowest BCUT2D eigenvalue weighted by Gasteiger charge is -2.17. The first kappa shape index (κ1) is 24.2. The first-order valence-corrected chi connectivity index (χ1v) is 11.6. The van der Waals surface area contributed by atoms with Gasteiger partial charge in [0.05, 0.1) is 24.6 Å². The second-order valence-electron chi connectivity index (χ2n) is 8.04. The van der Waals surface area contributed by atoms with Gasteiger partial charge in [-0.2, -0.15) is 0 Å². The summed E-state index contributed by atoms with van der Waals surface area (Å²) in [6.45, 7) is 4.42. The summed E-state index contributed by atoms with van der Waals surface area (Å²) in [4.78, 5) is 15.3. The van der Waals surface area contributed by atoms with Crippen LogP contribution in [0.2, 0.25) is 0 Å². The summed E-state index contributed by atoms with van der Waals surface area (Å²) in [5.74, 6) is 0.830. The van der Waals surface area contributed by atoms with Crippen LogP contribution in [0.3, 0.4) is 0 Å². The Bertz CT molecular complexity index is 748. The third-order valence-electron chi connectivity index (χ3n) is 5.87. The van der Waals surface area contributed by atoms with Crippen LogP contribution in [0.25, 0.3) is 11.1 Å². The minimum atomic E-state index is -0.0395. The van der Waals surface area contributed by atoms with E-state index in [0.717, 1.165) is 66.5 Å². The minimum Gasteiger partial charge on any atom is -0.497 e. The number of aldehydes is 1. The zero-order valence-electron chi connectivity index (χ0n) is 19.3. The summed E-state index contributed by atoms with van der Waals surface area (Å²) in [5, 5.41) is 0. The monoisotopic (exact) mass is 413 g/mol. The van der Waals surface area contributed by atoms with Crippen LogP contribution in [-0.4, -0.2) is 25.5 Å². The van der Waals surface area contributed by atoms with Gasteiger partial charge in [0, 0.05) is 12.7 Å². The maximum atomic E-state index is 11.9. The van der Waals surface area contributed by atoms with Gasteiger partial charge in [-0.1, -0.05) is 70.9 Å². The molecule has 0 saturated heterocycles. The summed E-state index contributed by atoms with van der Waals surface area (Å²) >= 11 is 0. The van der Waals surface area contributed by atoms with Crippen molar-refractivity contribution < 1.29 is 14.3 Å². The Morgan fingerprint density at radius 2 is 1.60 bits per heavy atom. The van der Waals surface area contributed by atoms with Crippen LogP contribution in [0.5, 0.6) is 5.75 Å². The van der Waals surface area contributed by atoms with Crippen LogP contribution in [-0.2, 0) is 11.2 Å². The molecule has 1 heterocycles. The Kier molecular flexibility index (Phi) is 10.7. The first-order valence-electron chi connectivity index (χ1n) is 11.6.